The molecular weight excluding hydrogens is 982 g/mol. The Morgan fingerprint density at radius 3 is 2.40 bits per heavy atom. The number of likely N-dealkylation sites (tertiary alicyclic amines) is 2. The largest absolute Gasteiger partial charge is 0.394 e. The SMILES string of the molecule is Cc1ncsc1-c1ccc([C@H](CO)NC(=O)[C@@H]2C[C@@H](O)CN2C(=O)[C@H](C2CCCCC2)n2cc(C3CCC(CN4CCC(c5ccc6c(c5)-n5c(nc(=O)c7c(Cl)cccc75)C65CCCCC5)CC4)CC3)nn2)cc1. The highest BCUT2D eigenvalue weighted by molar-refractivity contribution is 7.13. The maximum Gasteiger partial charge on any atom is 0.282 e. The summed E-state index contributed by atoms with van der Waals surface area (Å²) in [6, 6.07) is 18.5. The van der Waals surface area contributed by atoms with Crippen LogP contribution in [-0.2, 0) is 15.0 Å². The van der Waals surface area contributed by atoms with E-state index in [0.29, 0.717) is 22.2 Å². The number of aliphatic hydroxyl groups is 2. The van der Waals surface area contributed by atoms with Crippen LogP contribution in [0.15, 0.2) is 77.2 Å². The van der Waals surface area contributed by atoms with Crippen molar-refractivity contribution in [3.63, 3.8) is 0 Å². The molecule has 6 heterocycles. The third kappa shape index (κ3) is 9.56. The number of aryl methyl sites for hydroxylation is 1. The van der Waals surface area contributed by atoms with Gasteiger partial charge in [-0.2, -0.15) is 4.98 Å². The lowest BCUT2D eigenvalue weighted by atomic mass is 9.69. The zero-order valence-electron chi connectivity index (χ0n) is 43.1. The van der Waals surface area contributed by atoms with Crippen LogP contribution in [0.4, 0.5) is 0 Å². The summed E-state index contributed by atoms with van der Waals surface area (Å²) in [5.41, 5.74) is 9.74. The number of nitrogens with zero attached hydrogens (tertiary/aromatic N) is 8. The third-order valence-electron chi connectivity index (χ3n) is 18.5. The van der Waals surface area contributed by atoms with E-state index >= 15 is 0 Å². The van der Waals surface area contributed by atoms with Gasteiger partial charge in [0.2, 0.25) is 11.8 Å². The predicted octanol–water partition coefficient (Wildman–Crippen LogP) is 9.71. The van der Waals surface area contributed by atoms with Gasteiger partial charge in [-0.25, -0.2) is 9.67 Å². The quantitative estimate of drug-likeness (QED) is 0.107. The number of β-amino-alcohol motifs (C(OH)–C–C–N with tert-alkyl or cyclic N) is 1. The number of halogens is 1. The fraction of sp³-hybridized carbons (Fsp3) is 0.542. The number of nitrogens with one attached hydrogen (secondary N) is 1. The molecule has 14 nitrogen and oxygen atoms in total. The average molecular weight is 1050 g/mol. The van der Waals surface area contributed by atoms with E-state index in [4.69, 9.17) is 21.7 Å². The molecule has 12 rings (SSSR count). The van der Waals surface area contributed by atoms with Crippen LogP contribution in [0.3, 0.4) is 0 Å². The van der Waals surface area contributed by atoms with Crippen LogP contribution >= 0.6 is 22.9 Å². The predicted molar refractivity (Wildman–Crippen MR) is 291 cm³/mol. The van der Waals surface area contributed by atoms with E-state index < -0.39 is 24.2 Å². The molecule has 3 aliphatic carbocycles. The second kappa shape index (κ2) is 21.2. The van der Waals surface area contributed by atoms with E-state index in [0.717, 1.165) is 155 Å². The first kappa shape index (κ1) is 50.5. The van der Waals surface area contributed by atoms with Crippen LogP contribution in [-0.4, -0.2) is 106 Å². The first-order valence-corrected chi connectivity index (χ1v) is 29.2. The van der Waals surface area contributed by atoms with Crippen molar-refractivity contribution in [3.05, 3.63) is 122 Å². The zero-order chi connectivity index (χ0) is 51.4. The van der Waals surface area contributed by atoms with E-state index in [1.807, 2.05) is 55.0 Å². The molecule has 3 aliphatic heterocycles. The molecule has 2 saturated heterocycles. The van der Waals surface area contributed by atoms with Crippen molar-refractivity contribution in [1.82, 2.24) is 44.6 Å². The van der Waals surface area contributed by atoms with E-state index in [2.05, 4.69) is 43.2 Å². The molecule has 394 valence electrons. The van der Waals surface area contributed by atoms with Crippen LogP contribution in [0.5, 0.6) is 0 Å². The number of fused-ring (bicyclic) bond motifs is 7. The monoisotopic (exact) mass is 1050 g/mol. The van der Waals surface area contributed by atoms with Gasteiger partial charge in [-0.3, -0.25) is 19.0 Å². The van der Waals surface area contributed by atoms with Gasteiger partial charge in [-0.15, -0.1) is 16.4 Å². The Balaban J connectivity index is 0.679. The molecule has 0 radical (unpaired) electrons. The fourth-order valence-corrected chi connectivity index (χ4v) is 15.5. The van der Waals surface area contributed by atoms with Crippen molar-refractivity contribution in [1.29, 1.82) is 0 Å². The molecule has 1 spiro atoms. The Morgan fingerprint density at radius 1 is 0.907 bits per heavy atom. The molecule has 0 bridgehead atoms. The summed E-state index contributed by atoms with van der Waals surface area (Å²) in [6.45, 7) is 4.97. The molecule has 75 heavy (non-hydrogen) atoms. The Labute approximate surface area is 447 Å². The van der Waals surface area contributed by atoms with Crippen LogP contribution in [0.1, 0.15) is 167 Å². The molecule has 3 aromatic carbocycles. The number of aromatic nitrogens is 6. The summed E-state index contributed by atoms with van der Waals surface area (Å²) < 4.78 is 4.06. The van der Waals surface area contributed by atoms with Crippen LogP contribution in [0.25, 0.3) is 27.0 Å². The Kier molecular flexibility index (Phi) is 14.3. The summed E-state index contributed by atoms with van der Waals surface area (Å²) in [7, 11) is 0. The number of carbonyl (C=O) groups is 2. The summed E-state index contributed by atoms with van der Waals surface area (Å²) in [5, 5.41) is 34.9. The van der Waals surface area contributed by atoms with Gasteiger partial charge in [0.1, 0.15) is 17.9 Å². The molecule has 16 heteroatoms. The maximum absolute atomic E-state index is 14.9. The lowest BCUT2D eigenvalue weighted by molar-refractivity contribution is -0.143. The first-order chi connectivity index (χ1) is 36.6. The minimum atomic E-state index is -0.879. The van der Waals surface area contributed by atoms with Crippen molar-refractivity contribution in [2.45, 2.75) is 158 Å². The van der Waals surface area contributed by atoms with E-state index in [1.165, 1.54) is 23.2 Å². The normalized spacial score (nSPS) is 24.1. The van der Waals surface area contributed by atoms with Gasteiger partial charge in [0.15, 0.2) is 0 Å². The van der Waals surface area contributed by atoms with Crippen LogP contribution in [0, 0.1) is 18.8 Å². The topological polar surface area (TPSA) is 172 Å². The van der Waals surface area contributed by atoms with Crippen molar-refractivity contribution >= 4 is 45.7 Å². The average Bonchev–Trinajstić information content (AvgIpc) is 4.25. The standard InChI is InChI=1S/C59H70ClN9O5S/c1-36-54(75-35-61-36)42-19-17-40(18-20-42)48(34-70)62-55(72)51-30-44(71)32-67(51)57(74)53(41-9-4-2-5-10-41)68-33-47(64-65-68)39-15-13-37(14-16-39)31-66-27-23-38(24-28-66)43-21-22-45-50(29-43)69-49-12-8-11-46(60)52(49)56(73)63-58(69)59(45)25-6-3-7-26-59/h8,11-12,17-22,29,33,35,37-39,41,44,48,51,53,70-71H,2-7,9-10,13-16,23-28,30-32,34H2,1H3,(H,62,72)/t37?,39?,44-,48+,51+,53+/m1/s1. The van der Waals surface area contributed by atoms with Crippen molar-refractivity contribution in [2.24, 2.45) is 11.8 Å². The first-order valence-electron chi connectivity index (χ1n) is 28.0. The molecule has 3 saturated carbocycles. The van der Waals surface area contributed by atoms with Gasteiger partial charge in [-0.1, -0.05) is 97.8 Å². The summed E-state index contributed by atoms with van der Waals surface area (Å²) in [4.78, 5) is 57.0. The van der Waals surface area contributed by atoms with Crippen molar-refractivity contribution in [3.8, 4) is 16.1 Å². The summed E-state index contributed by atoms with van der Waals surface area (Å²) in [5.74, 6) is 1.71. The summed E-state index contributed by atoms with van der Waals surface area (Å²) in [6.07, 6.45) is 18.3. The molecular formula is C59H70ClN9O5S. The van der Waals surface area contributed by atoms with Crippen LogP contribution < -0.4 is 10.9 Å². The number of piperidine rings is 1. The lowest BCUT2D eigenvalue weighted by Crippen LogP contribution is -2.50. The van der Waals surface area contributed by atoms with Crippen molar-refractivity contribution in [2.75, 3.05) is 32.8 Å². The number of hydrogen-bond donors (Lipinski definition) is 3. The van der Waals surface area contributed by atoms with Gasteiger partial charge in [0.05, 0.1) is 67.6 Å². The molecule has 3 aromatic heterocycles. The van der Waals surface area contributed by atoms with E-state index in [1.54, 1.807) is 27.0 Å². The van der Waals surface area contributed by atoms with Crippen LogP contribution in [0.2, 0.25) is 5.02 Å². The third-order valence-corrected chi connectivity index (χ3v) is 19.8. The maximum atomic E-state index is 14.9. The zero-order valence-corrected chi connectivity index (χ0v) is 44.7. The molecule has 6 aromatic rings. The Morgan fingerprint density at radius 2 is 1.67 bits per heavy atom. The minimum Gasteiger partial charge on any atom is -0.394 e. The second-order valence-electron chi connectivity index (χ2n) is 22.9. The number of aliphatic hydroxyl groups excluding tert-OH is 2. The molecule has 2 amide bonds. The number of rotatable bonds is 12. The van der Waals surface area contributed by atoms with Gasteiger partial charge in [-0.05, 0) is 142 Å². The second-order valence-corrected chi connectivity index (χ2v) is 24.2. The number of amides is 2. The molecule has 5 fully saturated rings. The highest BCUT2D eigenvalue weighted by atomic mass is 35.5. The van der Waals surface area contributed by atoms with Gasteiger partial charge in [0.25, 0.3) is 5.56 Å². The highest BCUT2D eigenvalue weighted by Crippen LogP contribution is 2.52. The lowest BCUT2D eigenvalue weighted by Gasteiger charge is -2.37. The minimum absolute atomic E-state index is 0.0467. The molecule has 6 aliphatic rings. The Hall–Kier alpha value is -5.32. The smallest absolute Gasteiger partial charge is 0.282 e. The molecule has 3 N–H and O–H groups in total. The number of carbonyl (C=O) groups excluding carboxylic acids is 2. The number of thiazole rings is 1. The Bertz CT molecular complexity index is 3110. The van der Waals surface area contributed by atoms with Gasteiger partial charge >= 0.3 is 0 Å². The highest BCUT2D eigenvalue weighted by Gasteiger charge is 2.48. The van der Waals surface area contributed by atoms with Crippen molar-refractivity contribution < 1.29 is 19.8 Å². The van der Waals surface area contributed by atoms with E-state index in [9.17, 15) is 24.6 Å². The van der Waals surface area contributed by atoms with Gasteiger partial charge < -0.3 is 25.3 Å². The molecule has 4 atom stereocenters. The van der Waals surface area contributed by atoms with Gasteiger partial charge in [0, 0.05) is 31.6 Å². The fourth-order valence-electron chi connectivity index (χ4n) is 14.4. The van der Waals surface area contributed by atoms with E-state index in [-0.39, 0.29) is 54.2 Å². The summed E-state index contributed by atoms with van der Waals surface area (Å²) >= 11 is 8.23. The number of benzene rings is 3. The number of hydrogen-bond acceptors (Lipinski definition) is 11. The molecule has 0 unspecified atom stereocenters.